The quantitative estimate of drug-likeness (QED) is 0.832. The molecule has 1 saturated carbocycles. The van der Waals surface area contributed by atoms with E-state index in [1.54, 1.807) is 0 Å². The van der Waals surface area contributed by atoms with Gasteiger partial charge in [0.25, 0.3) is 0 Å². The number of hydrogen-bond acceptors (Lipinski definition) is 6. The van der Waals surface area contributed by atoms with Gasteiger partial charge in [0.15, 0.2) is 0 Å². The molecule has 0 bridgehead atoms. The van der Waals surface area contributed by atoms with Crippen LogP contribution in [0.1, 0.15) is 30.3 Å². The molecular weight excluding hydrogens is 292 g/mol. The fourth-order valence-electron chi connectivity index (χ4n) is 2.97. The molecule has 1 saturated heterocycles. The molecular formula is C16H20N6O. The Bertz CT molecular complexity index is 689. The fraction of sp³-hybridized carbons (Fsp3) is 0.562. The van der Waals surface area contributed by atoms with Crippen LogP contribution in [0.25, 0.3) is 0 Å². The SMILES string of the molecule is N#Cc1nc(C2CC2)oc1N1CCN(CCn2cccn2)CC1. The normalized spacial score (nSPS) is 19.0. The Kier molecular flexibility index (Phi) is 3.75. The van der Waals surface area contributed by atoms with Crippen molar-refractivity contribution < 1.29 is 4.42 Å². The van der Waals surface area contributed by atoms with Gasteiger partial charge in [0, 0.05) is 51.0 Å². The van der Waals surface area contributed by atoms with Crippen molar-refractivity contribution in [2.24, 2.45) is 0 Å². The minimum Gasteiger partial charge on any atom is -0.423 e. The van der Waals surface area contributed by atoms with E-state index in [9.17, 15) is 5.26 Å². The zero-order valence-corrected chi connectivity index (χ0v) is 13.1. The lowest BCUT2D eigenvalue weighted by atomic mass is 10.3. The second-order valence-corrected chi connectivity index (χ2v) is 6.19. The first-order chi connectivity index (χ1) is 11.3. The lowest BCUT2D eigenvalue weighted by molar-refractivity contribution is 0.240. The monoisotopic (exact) mass is 312 g/mol. The number of oxazole rings is 1. The molecule has 0 spiro atoms. The summed E-state index contributed by atoms with van der Waals surface area (Å²) in [4.78, 5) is 8.93. The number of anilines is 1. The van der Waals surface area contributed by atoms with Gasteiger partial charge in [-0.15, -0.1) is 0 Å². The molecule has 2 aromatic heterocycles. The van der Waals surface area contributed by atoms with Crippen LogP contribution in [-0.2, 0) is 6.54 Å². The summed E-state index contributed by atoms with van der Waals surface area (Å²) in [6, 6.07) is 4.13. The Morgan fingerprint density at radius 2 is 2.04 bits per heavy atom. The van der Waals surface area contributed by atoms with E-state index in [4.69, 9.17) is 4.42 Å². The van der Waals surface area contributed by atoms with Crippen LogP contribution in [0.2, 0.25) is 0 Å². The molecule has 3 heterocycles. The van der Waals surface area contributed by atoms with Crippen molar-refractivity contribution >= 4 is 5.88 Å². The van der Waals surface area contributed by atoms with Crippen molar-refractivity contribution in [3.8, 4) is 6.07 Å². The second-order valence-electron chi connectivity index (χ2n) is 6.19. The van der Waals surface area contributed by atoms with Gasteiger partial charge in [-0.05, 0) is 18.9 Å². The van der Waals surface area contributed by atoms with Crippen LogP contribution in [0, 0.1) is 11.3 Å². The van der Waals surface area contributed by atoms with E-state index in [0.717, 1.165) is 58.0 Å². The molecule has 0 N–H and O–H groups in total. The second kappa shape index (κ2) is 6.05. The number of nitrogens with zero attached hydrogens (tertiary/aromatic N) is 6. The lowest BCUT2D eigenvalue weighted by Crippen LogP contribution is -2.47. The highest BCUT2D eigenvalue weighted by Gasteiger charge is 2.32. The summed E-state index contributed by atoms with van der Waals surface area (Å²) < 4.78 is 7.84. The van der Waals surface area contributed by atoms with Crippen molar-refractivity contribution in [2.75, 3.05) is 37.6 Å². The van der Waals surface area contributed by atoms with E-state index >= 15 is 0 Å². The molecule has 0 aromatic carbocycles. The number of aromatic nitrogens is 3. The zero-order valence-electron chi connectivity index (χ0n) is 13.1. The molecule has 0 radical (unpaired) electrons. The largest absolute Gasteiger partial charge is 0.423 e. The van der Waals surface area contributed by atoms with Crippen LogP contribution >= 0.6 is 0 Å². The van der Waals surface area contributed by atoms with Crippen molar-refractivity contribution in [3.63, 3.8) is 0 Å². The van der Waals surface area contributed by atoms with Gasteiger partial charge in [0.2, 0.25) is 17.5 Å². The number of nitriles is 1. The summed E-state index contributed by atoms with van der Waals surface area (Å²) >= 11 is 0. The Labute approximate surface area is 135 Å². The van der Waals surface area contributed by atoms with Crippen LogP contribution in [0.5, 0.6) is 0 Å². The molecule has 120 valence electrons. The van der Waals surface area contributed by atoms with Gasteiger partial charge in [0.05, 0.1) is 6.54 Å². The topological polar surface area (TPSA) is 74.1 Å². The highest BCUT2D eigenvalue weighted by Crippen LogP contribution is 2.41. The molecule has 1 aliphatic heterocycles. The Morgan fingerprint density at radius 1 is 1.22 bits per heavy atom. The molecule has 0 amide bonds. The molecule has 7 nitrogen and oxygen atoms in total. The lowest BCUT2D eigenvalue weighted by Gasteiger charge is -2.34. The summed E-state index contributed by atoms with van der Waals surface area (Å²) in [6.07, 6.45) is 6.06. The number of hydrogen-bond donors (Lipinski definition) is 0. The first-order valence-electron chi connectivity index (χ1n) is 8.19. The van der Waals surface area contributed by atoms with Crippen LogP contribution < -0.4 is 4.90 Å². The first-order valence-corrected chi connectivity index (χ1v) is 8.19. The molecule has 23 heavy (non-hydrogen) atoms. The summed E-state index contributed by atoms with van der Waals surface area (Å²) in [5.41, 5.74) is 0.442. The highest BCUT2D eigenvalue weighted by atomic mass is 16.4. The maximum atomic E-state index is 9.29. The molecule has 2 fully saturated rings. The minimum atomic E-state index is 0.436. The number of piperazine rings is 1. The van der Waals surface area contributed by atoms with E-state index in [-0.39, 0.29) is 0 Å². The minimum absolute atomic E-state index is 0.436. The first kappa shape index (κ1) is 14.3. The Hall–Kier alpha value is -2.33. The third kappa shape index (κ3) is 3.08. The number of rotatable bonds is 5. The van der Waals surface area contributed by atoms with Crippen molar-refractivity contribution in [1.82, 2.24) is 19.7 Å². The maximum absolute atomic E-state index is 9.29. The van der Waals surface area contributed by atoms with Crippen LogP contribution in [0.3, 0.4) is 0 Å². The average molecular weight is 312 g/mol. The van der Waals surface area contributed by atoms with Gasteiger partial charge in [-0.3, -0.25) is 9.58 Å². The molecule has 2 aromatic rings. The summed E-state index contributed by atoms with van der Waals surface area (Å²) in [6.45, 7) is 5.56. The van der Waals surface area contributed by atoms with Crippen LogP contribution in [0.4, 0.5) is 5.88 Å². The third-order valence-corrected chi connectivity index (χ3v) is 4.52. The van der Waals surface area contributed by atoms with Gasteiger partial charge < -0.3 is 9.32 Å². The van der Waals surface area contributed by atoms with E-state index < -0.39 is 0 Å². The standard InChI is InChI=1S/C16H20N6O/c17-12-14-16(23-15(19-14)13-2-3-13)21-9-6-20(7-10-21)8-11-22-5-1-4-18-22/h1,4-5,13H,2-3,6-11H2. The van der Waals surface area contributed by atoms with Gasteiger partial charge >= 0.3 is 0 Å². The third-order valence-electron chi connectivity index (χ3n) is 4.52. The predicted octanol–water partition coefficient (Wildman–Crippen LogP) is 1.44. The van der Waals surface area contributed by atoms with Crippen molar-refractivity contribution in [2.45, 2.75) is 25.3 Å². The summed E-state index contributed by atoms with van der Waals surface area (Å²) in [5, 5.41) is 13.5. The van der Waals surface area contributed by atoms with Gasteiger partial charge in [-0.25, -0.2) is 4.98 Å². The van der Waals surface area contributed by atoms with Crippen molar-refractivity contribution in [3.05, 3.63) is 30.0 Å². The van der Waals surface area contributed by atoms with E-state index in [1.807, 2.05) is 23.1 Å². The molecule has 7 heteroatoms. The molecule has 4 rings (SSSR count). The Balaban J connectivity index is 1.35. The summed E-state index contributed by atoms with van der Waals surface area (Å²) in [7, 11) is 0. The molecule has 1 aliphatic carbocycles. The highest BCUT2D eigenvalue weighted by molar-refractivity contribution is 5.48. The fourth-order valence-corrected chi connectivity index (χ4v) is 2.97. The predicted molar refractivity (Wildman–Crippen MR) is 84.1 cm³/mol. The zero-order chi connectivity index (χ0) is 15.6. The van der Waals surface area contributed by atoms with E-state index in [1.165, 1.54) is 0 Å². The maximum Gasteiger partial charge on any atom is 0.234 e. The smallest absolute Gasteiger partial charge is 0.234 e. The van der Waals surface area contributed by atoms with Gasteiger partial charge in [-0.2, -0.15) is 10.4 Å². The van der Waals surface area contributed by atoms with Gasteiger partial charge in [-0.1, -0.05) is 0 Å². The van der Waals surface area contributed by atoms with Crippen molar-refractivity contribution in [1.29, 1.82) is 5.26 Å². The van der Waals surface area contributed by atoms with E-state index in [0.29, 0.717) is 17.5 Å². The Morgan fingerprint density at radius 3 is 2.70 bits per heavy atom. The molecule has 0 unspecified atom stereocenters. The van der Waals surface area contributed by atoms with Gasteiger partial charge in [0.1, 0.15) is 6.07 Å². The summed E-state index contributed by atoms with van der Waals surface area (Å²) in [5.74, 6) is 1.85. The van der Waals surface area contributed by atoms with Crippen LogP contribution in [-0.4, -0.2) is 52.4 Å². The molecule has 2 aliphatic rings. The van der Waals surface area contributed by atoms with Crippen LogP contribution in [0.15, 0.2) is 22.9 Å². The molecule has 0 atom stereocenters. The van der Waals surface area contributed by atoms with E-state index in [2.05, 4.69) is 26.0 Å². The average Bonchev–Trinajstić information content (AvgIpc) is 3.14.